The van der Waals surface area contributed by atoms with Crippen LogP contribution in [0.15, 0.2) is 0 Å². The molecule has 1 N–H and O–H groups in total. The molecule has 6 heteroatoms. The lowest BCUT2D eigenvalue weighted by atomic mass is 9.98. The lowest BCUT2D eigenvalue weighted by molar-refractivity contribution is -0.141. The summed E-state index contributed by atoms with van der Waals surface area (Å²) in [5.41, 5.74) is -0.687. The Balaban J connectivity index is 2.01. The zero-order valence-corrected chi connectivity index (χ0v) is 9.82. The summed E-state index contributed by atoms with van der Waals surface area (Å²) in [5, 5.41) is 2.76. The Morgan fingerprint density at radius 3 is 2.65 bits per heavy atom. The van der Waals surface area contributed by atoms with E-state index in [-0.39, 0.29) is 24.9 Å². The molecule has 1 saturated carbocycles. The zero-order chi connectivity index (χ0) is 12.5. The summed E-state index contributed by atoms with van der Waals surface area (Å²) >= 11 is 0. The normalized spacial score (nSPS) is 22.1. The van der Waals surface area contributed by atoms with Gasteiger partial charge in [-0.05, 0) is 12.8 Å². The number of ether oxygens (including phenoxy) is 1. The minimum atomic E-state index is -0.687. The lowest BCUT2D eigenvalue weighted by Crippen LogP contribution is -2.44. The molecule has 2 aliphatic rings. The maximum atomic E-state index is 12.1. The number of esters is 1. The monoisotopic (exact) mass is 240 g/mol. The Kier molecular flexibility index (Phi) is 3.04. The average molecular weight is 240 g/mol. The summed E-state index contributed by atoms with van der Waals surface area (Å²) in [5.74, 6) is -0.609. The number of carbonyl (C=O) groups excluding carboxylic acids is 3. The second-order valence-electron chi connectivity index (χ2n) is 4.50. The number of carbonyl (C=O) groups is 3. The Morgan fingerprint density at radius 2 is 2.06 bits per heavy atom. The molecule has 6 nitrogen and oxygen atoms in total. The molecule has 0 aromatic rings. The minimum Gasteiger partial charge on any atom is -0.469 e. The van der Waals surface area contributed by atoms with Crippen LogP contribution >= 0.6 is 0 Å². The van der Waals surface area contributed by atoms with Crippen molar-refractivity contribution in [3.05, 3.63) is 0 Å². The Morgan fingerprint density at radius 1 is 1.41 bits per heavy atom. The molecule has 1 aliphatic heterocycles. The predicted molar refractivity (Wildman–Crippen MR) is 58.1 cm³/mol. The molecule has 0 atom stereocenters. The van der Waals surface area contributed by atoms with Crippen LogP contribution in [-0.2, 0) is 14.3 Å². The second kappa shape index (κ2) is 4.35. The quantitative estimate of drug-likeness (QED) is 0.572. The third-order valence-corrected chi connectivity index (χ3v) is 3.47. The van der Waals surface area contributed by atoms with Gasteiger partial charge >= 0.3 is 12.0 Å². The fourth-order valence-electron chi connectivity index (χ4n) is 2.50. The lowest BCUT2D eigenvalue weighted by Gasteiger charge is -2.19. The molecule has 1 saturated heterocycles. The van der Waals surface area contributed by atoms with Gasteiger partial charge < -0.3 is 10.1 Å². The van der Waals surface area contributed by atoms with E-state index in [4.69, 9.17) is 0 Å². The summed E-state index contributed by atoms with van der Waals surface area (Å²) in [7, 11) is 1.28. The van der Waals surface area contributed by atoms with Crippen LogP contribution < -0.4 is 5.32 Å². The van der Waals surface area contributed by atoms with Crippen LogP contribution in [0.4, 0.5) is 4.79 Å². The summed E-state index contributed by atoms with van der Waals surface area (Å²) in [6, 6.07) is -0.388. The Labute approximate surface area is 99.3 Å². The molecule has 0 unspecified atom stereocenters. The Hall–Kier alpha value is -1.59. The minimum absolute atomic E-state index is 0.0474. The smallest absolute Gasteiger partial charge is 0.325 e. The van der Waals surface area contributed by atoms with E-state index < -0.39 is 11.5 Å². The predicted octanol–water partition coefficient (Wildman–Crippen LogP) is 0.414. The van der Waals surface area contributed by atoms with Crippen LogP contribution in [0.1, 0.15) is 32.1 Å². The Bertz CT molecular complexity index is 360. The second-order valence-corrected chi connectivity index (χ2v) is 4.50. The fourth-order valence-corrected chi connectivity index (χ4v) is 2.50. The first-order chi connectivity index (χ1) is 8.09. The number of urea groups is 1. The maximum Gasteiger partial charge on any atom is 0.325 e. The van der Waals surface area contributed by atoms with Gasteiger partial charge in [-0.25, -0.2) is 4.79 Å². The molecular weight excluding hydrogens is 224 g/mol. The van der Waals surface area contributed by atoms with Gasteiger partial charge in [0, 0.05) is 6.54 Å². The van der Waals surface area contributed by atoms with Crippen molar-refractivity contribution in [1.29, 1.82) is 0 Å². The molecule has 0 bridgehead atoms. The molecule has 2 fully saturated rings. The highest BCUT2D eigenvalue weighted by atomic mass is 16.5. The number of methoxy groups -OCH3 is 1. The number of hydrogen-bond donors (Lipinski definition) is 1. The van der Waals surface area contributed by atoms with Crippen LogP contribution in [-0.4, -0.2) is 42.0 Å². The molecule has 1 spiro atoms. The zero-order valence-electron chi connectivity index (χ0n) is 9.82. The molecule has 0 radical (unpaired) electrons. The third kappa shape index (κ3) is 1.99. The summed E-state index contributed by atoms with van der Waals surface area (Å²) < 4.78 is 4.49. The molecule has 0 aromatic carbocycles. The van der Waals surface area contributed by atoms with Crippen molar-refractivity contribution in [1.82, 2.24) is 10.2 Å². The topological polar surface area (TPSA) is 75.7 Å². The van der Waals surface area contributed by atoms with Gasteiger partial charge in [0.2, 0.25) is 0 Å². The van der Waals surface area contributed by atoms with Gasteiger partial charge in [-0.3, -0.25) is 14.5 Å². The van der Waals surface area contributed by atoms with E-state index in [1.165, 1.54) is 7.11 Å². The van der Waals surface area contributed by atoms with Crippen LogP contribution in [0.25, 0.3) is 0 Å². The number of rotatable bonds is 3. The molecule has 17 heavy (non-hydrogen) atoms. The van der Waals surface area contributed by atoms with Gasteiger partial charge in [-0.2, -0.15) is 0 Å². The first-order valence-electron chi connectivity index (χ1n) is 5.80. The van der Waals surface area contributed by atoms with Crippen molar-refractivity contribution in [3.8, 4) is 0 Å². The van der Waals surface area contributed by atoms with Gasteiger partial charge in [0.05, 0.1) is 13.5 Å². The van der Waals surface area contributed by atoms with Gasteiger partial charge in [0.25, 0.3) is 5.91 Å². The molecule has 2 rings (SSSR count). The van der Waals surface area contributed by atoms with Crippen molar-refractivity contribution in [2.24, 2.45) is 0 Å². The number of imide groups is 1. The fraction of sp³-hybridized carbons (Fsp3) is 0.727. The number of nitrogens with zero attached hydrogens (tertiary/aromatic N) is 1. The highest BCUT2D eigenvalue weighted by molar-refractivity contribution is 6.07. The molecule has 1 heterocycles. The summed E-state index contributed by atoms with van der Waals surface area (Å²) in [4.78, 5) is 35.9. The van der Waals surface area contributed by atoms with E-state index in [0.717, 1.165) is 17.7 Å². The SMILES string of the molecule is COC(=O)CCN1C(=O)NC2(CCCC2)C1=O. The van der Waals surface area contributed by atoms with E-state index in [1.54, 1.807) is 0 Å². The maximum absolute atomic E-state index is 12.1. The van der Waals surface area contributed by atoms with Crippen molar-refractivity contribution >= 4 is 17.9 Å². The largest absolute Gasteiger partial charge is 0.469 e. The first-order valence-corrected chi connectivity index (χ1v) is 5.80. The van der Waals surface area contributed by atoms with Crippen LogP contribution in [0.2, 0.25) is 0 Å². The van der Waals surface area contributed by atoms with E-state index >= 15 is 0 Å². The van der Waals surface area contributed by atoms with E-state index in [0.29, 0.717) is 12.8 Å². The van der Waals surface area contributed by atoms with Crippen molar-refractivity contribution < 1.29 is 19.1 Å². The molecule has 94 valence electrons. The number of amides is 3. The first kappa shape index (κ1) is 11.9. The van der Waals surface area contributed by atoms with E-state index in [1.807, 2.05) is 0 Å². The van der Waals surface area contributed by atoms with Crippen molar-refractivity contribution in [2.75, 3.05) is 13.7 Å². The number of hydrogen-bond acceptors (Lipinski definition) is 4. The van der Waals surface area contributed by atoms with Gasteiger partial charge in [0.1, 0.15) is 5.54 Å². The molecule has 3 amide bonds. The van der Waals surface area contributed by atoms with Gasteiger partial charge in [-0.15, -0.1) is 0 Å². The van der Waals surface area contributed by atoms with E-state index in [2.05, 4.69) is 10.1 Å². The van der Waals surface area contributed by atoms with Crippen molar-refractivity contribution in [3.63, 3.8) is 0 Å². The van der Waals surface area contributed by atoms with Crippen LogP contribution in [0, 0.1) is 0 Å². The van der Waals surface area contributed by atoms with Crippen LogP contribution in [0.3, 0.4) is 0 Å². The standard InChI is InChI=1S/C11H16N2O4/c1-17-8(14)4-7-13-9(15)11(12-10(13)16)5-2-3-6-11/h2-7H2,1H3,(H,12,16). The van der Waals surface area contributed by atoms with Crippen molar-refractivity contribution in [2.45, 2.75) is 37.6 Å². The third-order valence-electron chi connectivity index (χ3n) is 3.47. The molecular formula is C11H16N2O4. The molecule has 1 aliphatic carbocycles. The average Bonchev–Trinajstić information content (AvgIpc) is 2.86. The highest BCUT2D eigenvalue weighted by Crippen LogP contribution is 2.34. The van der Waals surface area contributed by atoms with E-state index in [9.17, 15) is 14.4 Å². The number of nitrogens with one attached hydrogen (secondary N) is 1. The summed E-state index contributed by atoms with van der Waals surface area (Å²) in [6.07, 6.45) is 3.36. The van der Waals surface area contributed by atoms with Crippen LogP contribution in [0.5, 0.6) is 0 Å². The van der Waals surface area contributed by atoms with Gasteiger partial charge in [0.15, 0.2) is 0 Å². The summed E-state index contributed by atoms with van der Waals surface area (Å²) in [6.45, 7) is 0.0963. The highest BCUT2D eigenvalue weighted by Gasteiger charge is 2.52. The van der Waals surface area contributed by atoms with Gasteiger partial charge in [-0.1, -0.05) is 12.8 Å². The molecule has 0 aromatic heterocycles.